The van der Waals surface area contributed by atoms with E-state index in [0.29, 0.717) is 5.82 Å². The van der Waals surface area contributed by atoms with E-state index in [1.165, 1.54) is 38.0 Å². The summed E-state index contributed by atoms with van der Waals surface area (Å²) in [4.78, 5) is 14.1. The molecule has 114 valence electrons. The van der Waals surface area contributed by atoms with Gasteiger partial charge in [0.15, 0.2) is 0 Å². The van der Waals surface area contributed by atoms with Crippen molar-refractivity contribution in [1.82, 2.24) is 19.9 Å². The number of thioether (sulfide) groups is 1. The van der Waals surface area contributed by atoms with Crippen LogP contribution in [0.4, 0.5) is 11.9 Å². The zero-order chi connectivity index (χ0) is 14.8. The van der Waals surface area contributed by atoms with Crippen molar-refractivity contribution in [2.75, 3.05) is 43.6 Å². The Hall–Kier alpha value is -1.08. The van der Waals surface area contributed by atoms with Gasteiger partial charge in [-0.1, -0.05) is 12.8 Å². The summed E-state index contributed by atoms with van der Waals surface area (Å²) in [5, 5.41) is 0. The van der Waals surface area contributed by atoms with Gasteiger partial charge in [-0.3, -0.25) is 0 Å². The molecule has 0 saturated heterocycles. The fourth-order valence-electron chi connectivity index (χ4n) is 1.82. The van der Waals surface area contributed by atoms with Crippen LogP contribution in [0.5, 0.6) is 0 Å². The first kappa shape index (κ1) is 17.0. The molecule has 7 heteroatoms. The number of hydrogen-bond donors (Lipinski definition) is 2. The minimum atomic E-state index is 0.207. The van der Waals surface area contributed by atoms with Crippen molar-refractivity contribution in [2.24, 2.45) is 0 Å². The molecule has 1 aromatic heterocycles. The van der Waals surface area contributed by atoms with Crippen LogP contribution in [-0.2, 0) is 6.42 Å². The first-order chi connectivity index (χ1) is 9.58. The number of anilines is 2. The van der Waals surface area contributed by atoms with Crippen LogP contribution in [0, 0.1) is 0 Å². The molecular weight excluding hydrogens is 272 g/mol. The molecule has 0 spiro atoms. The average Bonchev–Trinajstić information content (AvgIpc) is 2.35. The van der Waals surface area contributed by atoms with E-state index in [0.717, 1.165) is 12.2 Å². The lowest BCUT2D eigenvalue weighted by molar-refractivity contribution is 0.391. The molecule has 0 aliphatic heterocycles. The first-order valence-electron chi connectivity index (χ1n) is 7.06. The van der Waals surface area contributed by atoms with E-state index in [2.05, 4.69) is 33.9 Å². The lowest BCUT2D eigenvalue weighted by Gasteiger charge is -2.08. The highest BCUT2D eigenvalue weighted by Crippen LogP contribution is 2.10. The van der Waals surface area contributed by atoms with E-state index in [9.17, 15) is 0 Å². The number of nitrogen functional groups attached to an aromatic ring is 2. The normalized spacial score (nSPS) is 11.2. The molecule has 1 rings (SSSR count). The molecule has 0 aromatic carbocycles. The fourth-order valence-corrected chi connectivity index (χ4v) is 2.76. The van der Waals surface area contributed by atoms with Crippen LogP contribution in [0.2, 0.25) is 0 Å². The summed E-state index contributed by atoms with van der Waals surface area (Å²) in [6.45, 7) is 1.19. The molecule has 0 fully saturated rings. The lowest BCUT2D eigenvalue weighted by atomic mass is 10.2. The number of unbranched alkanes of at least 4 members (excludes halogenated alkanes) is 3. The standard InChI is InChI=1S/C13H26N6S/c1-19(2)8-5-3-4-6-9-20-10-7-11-16-12(14)18-13(15)17-11/h3-10H2,1-2H3,(H4,14,15,16,17,18). The van der Waals surface area contributed by atoms with E-state index < -0.39 is 0 Å². The van der Waals surface area contributed by atoms with E-state index >= 15 is 0 Å². The summed E-state index contributed by atoms with van der Waals surface area (Å²) in [5.41, 5.74) is 11.1. The lowest BCUT2D eigenvalue weighted by Crippen LogP contribution is -2.12. The maximum atomic E-state index is 5.53. The summed E-state index contributed by atoms with van der Waals surface area (Å²) in [6, 6.07) is 0. The van der Waals surface area contributed by atoms with Crippen LogP contribution in [-0.4, -0.2) is 52.0 Å². The van der Waals surface area contributed by atoms with Gasteiger partial charge in [0.1, 0.15) is 5.82 Å². The third-order valence-electron chi connectivity index (χ3n) is 2.83. The molecule has 0 amide bonds. The molecule has 0 atom stereocenters. The molecule has 1 heterocycles. The summed E-state index contributed by atoms with van der Waals surface area (Å²) in [6.07, 6.45) is 5.99. The minimum Gasteiger partial charge on any atom is -0.368 e. The Kier molecular flexibility index (Phi) is 8.29. The quantitative estimate of drug-likeness (QED) is 0.631. The van der Waals surface area contributed by atoms with Crippen molar-refractivity contribution in [1.29, 1.82) is 0 Å². The third kappa shape index (κ3) is 8.16. The molecule has 0 radical (unpaired) electrons. The topological polar surface area (TPSA) is 94.0 Å². The summed E-state index contributed by atoms with van der Waals surface area (Å²) < 4.78 is 0. The second-order valence-corrected chi connectivity index (χ2v) is 6.27. The number of hydrogen-bond acceptors (Lipinski definition) is 7. The molecule has 0 unspecified atom stereocenters. The van der Waals surface area contributed by atoms with Gasteiger partial charge in [-0.05, 0) is 39.2 Å². The van der Waals surface area contributed by atoms with Crippen molar-refractivity contribution >= 4 is 23.7 Å². The monoisotopic (exact) mass is 298 g/mol. The molecule has 4 N–H and O–H groups in total. The van der Waals surface area contributed by atoms with Crippen molar-refractivity contribution in [2.45, 2.75) is 32.1 Å². The van der Waals surface area contributed by atoms with Gasteiger partial charge in [0.05, 0.1) is 0 Å². The summed E-state index contributed by atoms with van der Waals surface area (Å²) >= 11 is 1.93. The third-order valence-corrected chi connectivity index (χ3v) is 3.90. The number of nitrogens with two attached hydrogens (primary N) is 2. The van der Waals surface area contributed by atoms with Gasteiger partial charge in [-0.15, -0.1) is 0 Å². The smallest absolute Gasteiger partial charge is 0.225 e. The maximum Gasteiger partial charge on any atom is 0.225 e. The van der Waals surface area contributed by atoms with Crippen LogP contribution in [0.25, 0.3) is 0 Å². The highest BCUT2D eigenvalue weighted by Gasteiger charge is 2.01. The molecule has 0 bridgehead atoms. The molecule has 0 saturated carbocycles. The minimum absolute atomic E-state index is 0.207. The summed E-state index contributed by atoms with van der Waals surface area (Å²) in [5.74, 6) is 3.30. The Balaban J connectivity index is 1.99. The van der Waals surface area contributed by atoms with E-state index in [4.69, 9.17) is 11.5 Å². The predicted molar refractivity (Wildman–Crippen MR) is 86.7 cm³/mol. The number of rotatable bonds is 10. The molecule has 20 heavy (non-hydrogen) atoms. The zero-order valence-electron chi connectivity index (χ0n) is 12.5. The average molecular weight is 298 g/mol. The molecule has 1 aromatic rings. The Morgan fingerprint density at radius 2 is 1.55 bits per heavy atom. The van der Waals surface area contributed by atoms with Gasteiger partial charge in [0.2, 0.25) is 11.9 Å². The predicted octanol–water partition coefficient (Wildman–Crippen LogP) is 1.43. The fraction of sp³-hybridized carbons (Fsp3) is 0.769. The van der Waals surface area contributed by atoms with E-state index in [1.807, 2.05) is 11.8 Å². The zero-order valence-corrected chi connectivity index (χ0v) is 13.3. The maximum absolute atomic E-state index is 5.53. The molecule has 6 nitrogen and oxygen atoms in total. The van der Waals surface area contributed by atoms with E-state index in [1.54, 1.807) is 0 Å². The van der Waals surface area contributed by atoms with Crippen LogP contribution >= 0.6 is 11.8 Å². The Bertz CT molecular complexity index is 365. The van der Waals surface area contributed by atoms with Gasteiger partial charge in [0.25, 0.3) is 0 Å². The largest absolute Gasteiger partial charge is 0.368 e. The number of aromatic nitrogens is 3. The van der Waals surface area contributed by atoms with Gasteiger partial charge in [-0.2, -0.15) is 26.7 Å². The van der Waals surface area contributed by atoms with Crippen LogP contribution in [0.15, 0.2) is 0 Å². The van der Waals surface area contributed by atoms with Crippen LogP contribution in [0.1, 0.15) is 31.5 Å². The van der Waals surface area contributed by atoms with Crippen molar-refractivity contribution in [3.63, 3.8) is 0 Å². The van der Waals surface area contributed by atoms with Crippen molar-refractivity contribution in [3.05, 3.63) is 5.82 Å². The molecule has 0 aliphatic carbocycles. The summed E-state index contributed by atoms with van der Waals surface area (Å²) in [7, 11) is 4.24. The Morgan fingerprint density at radius 1 is 0.900 bits per heavy atom. The van der Waals surface area contributed by atoms with Gasteiger partial charge in [0, 0.05) is 12.2 Å². The highest BCUT2D eigenvalue weighted by molar-refractivity contribution is 7.99. The Morgan fingerprint density at radius 3 is 2.20 bits per heavy atom. The van der Waals surface area contributed by atoms with Gasteiger partial charge in [-0.25, -0.2) is 0 Å². The highest BCUT2D eigenvalue weighted by atomic mass is 32.2. The second kappa shape index (κ2) is 9.77. The van der Waals surface area contributed by atoms with Crippen molar-refractivity contribution in [3.8, 4) is 0 Å². The van der Waals surface area contributed by atoms with Crippen LogP contribution in [0.3, 0.4) is 0 Å². The Labute approximate surface area is 125 Å². The second-order valence-electron chi connectivity index (χ2n) is 5.05. The first-order valence-corrected chi connectivity index (χ1v) is 8.22. The van der Waals surface area contributed by atoms with Crippen LogP contribution < -0.4 is 11.5 Å². The number of nitrogens with zero attached hydrogens (tertiary/aromatic N) is 4. The number of aryl methyl sites for hydroxylation is 1. The van der Waals surface area contributed by atoms with Gasteiger partial charge < -0.3 is 16.4 Å². The SMILES string of the molecule is CN(C)CCCCCCSCCc1nc(N)nc(N)n1. The van der Waals surface area contributed by atoms with Gasteiger partial charge >= 0.3 is 0 Å². The molecular formula is C13H26N6S. The molecule has 0 aliphatic rings. The van der Waals surface area contributed by atoms with Crippen molar-refractivity contribution < 1.29 is 0 Å². The van der Waals surface area contributed by atoms with E-state index in [-0.39, 0.29) is 11.9 Å².